The number of halogens is 1. The van der Waals surface area contributed by atoms with Crippen molar-refractivity contribution in [1.82, 2.24) is 5.43 Å². The van der Waals surface area contributed by atoms with Gasteiger partial charge in [0.1, 0.15) is 0 Å². The van der Waals surface area contributed by atoms with E-state index >= 15 is 0 Å². The maximum absolute atomic E-state index is 12.0. The fraction of sp³-hybridized carbons (Fsp3) is 0.0588. The average molecular weight is 343 g/mol. The second kappa shape index (κ2) is 7.55. The van der Waals surface area contributed by atoms with E-state index in [1.54, 1.807) is 6.07 Å². The molecule has 4 heteroatoms. The molecule has 106 valence electrons. The summed E-state index contributed by atoms with van der Waals surface area (Å²) in [5.41, 5.74) is 4.91. The predicted octanol–water partition coefficient (Wildman–Crippen LogP) is 4.27. The van der Waals surface area contributed by atoms with E-state index in [1.165, 1.54) is 0 Å². The molecule has 2 aromatic rings. The fourth-order valence-corrected chi connectivity index (χ4v) is 2.13. The largest absolute Gasteiger partial charge is 0.272 e. The van der Waals surface area contributed by atoms with E-state index < -0.39 is 0 Å². The van der Waals surface area contributed by atoms with Crippen molar-refractivity contribution in [1.29, 1.82) is 0 Å². The minimum absolute atomic E-state index is 0.241. The van der Waals surface area contributed by atoms with Gasteiger partial charge in [0.2, 0.25) is 0 Å². The fourth-order valence-electron chi connectivity index (χ4n) is 1.66. The van der Waals surface area contributed by atoms with Crippen LogP contribution in [0.2, 0.25) is 0 Å². The molecule has 0 saturated carbocycles. The van der Waals surface area contributed by atoms with Crippen molar-refractivity contribution in [3.63, 3.8) is 0 Å². The first-order valence-electron chi connectivity index (χ1n) is 6.49. The highest BCUT2D eigenvalue weighted by Gasteiger charge is 2.07. The van der Waals surface area contributed by atoms with Crippen LogP contribution in [-0.4, -0.2) is 11.6 Å². The summed E-state index contributed by atoms with van der Waals surface area (Å²) in [7, 11) is 0. The Balaban J connectivity index is 1.99. The number of carbonyl (C=O) groups excluding carboxylic acids is 1. The zero-order valence-electron chi connectivity index (χ0n) is 11.6. The number of benzene rings is 2. The molecule has 1 N–H and O–H groups in total. The van der Waals surface area contributed by atoms with E-state index in [1.807, 2.05) is 67.6 Å². The van der Waals surface area contributed by atoms with Gasteiger partial charge in [0.25, 0.3) is 5.91 Å². The lowest BCUT2D eigenvalue weighted by atomic mass is 10.2. The van der Waals surface area contributed by atoms with Crippen LogP contribution in [-0.2, 0) is 0 Å². The Labute approximate surface area is 132 Å². The summed E-state index contributed by atoms with van der Waals surface area (Å²) in [6.07, 6.45) is 3.80. The molecule has 0 heterocycles. The van der Waals surface area contributed by atoms with Gasteiger partial charge in [-0.2, -0.15) is 5.10 Å². The van der Waals surface area contributed by atoms with Crippen LogP contribution in [0.3, 0.4) is 0 Å². The summed E-state index contributed by atoms with van der Waals surface area (Å²) < 4.78 is 0.746. The Bertz CT molecular complexity index is 678. The summed E-state index contributed by atoms with van der Waals surface area (Å²) in [6.45, 7) is 1.83. The van der Waals surface area contributed by atoms with Gasteiger partial charge < -0.3 is 0 Å². The molecule has 0 bridgehead atoms. The molecule has 2 aromatic carbocycles. The van der Waals surface area contributed by atoms with Crippen molar-refractivity contribution < 1.29 is 4.79 Å². The Kier molecular flexibility index (Phi) is 5.46. The molecule has 0 atom stereocenters. The lowest BCUT2D eigenvalue weighted by Crippen LogP contribution is -2.19. The quantitative estimate of drug-likeness (QED) is 0.654. The van der Waals surface area contributed by atoms with Crippen molar-refractivity contribution in [3.8, 4) is 0 Å². The van der Waals surface area contributed by atoms with Crippen LogP contribution in [0.4, 0.5) is 0 Å². The SMILES string of the molecule is CC(/C=C/c1ccccc1)=N/NC(=O)c1ccccc1Br. The molecule has 0 aliphatic carbocycles. The van der Waals surface area contributed by atoms with Gasteiger partial charge in [-0.15, -0.1) is 0 Å². The average Bonchev–Trinajstić information content (AvgIpc) is 2.52. The third-order valence-corrected chi connectivity index (χ3v) is 3.46. The summed E-state index contributed by atoms with van der Waals surface area (Å²) in [5.74, 6) is -0.241. The Morgan fingerprint density at radius 1 is 1.10 bits per heavy atom. The lowest BCUT2D eigenvalue weighted by molar-refractivity contribution is 0.0954. The molecule has 0 aliphatic heterocycles. The van der Waals surface area contributed by atoms with Crippen molar-refractivity contribution >= 4 is 33.6 Å². The van der Waals surface area contributed by atoms with E-state index in [4.69, 9.17) is 0 Å². The molecule has 0 fully saturated rings. The van der Waals surface area contributed by atoms with E-state index in [9.17, 15) is 4.79 Å². The summed E-state index contributed by atoms with van der Waals surface area (Å²) >= 11 is 3.34. The van der Waals surface area contributed by atoms with Gasteiger partial charge in [0.05, 0.1) is 11.3 Å². The number of allylic oxidation sites excluding steroid dienone is 1. The van der Waals surface area contributed by atoms with Crippen molar-refractivity contribution in [2.24, 2.45) is 5.10 Å². The molecule has 3 nitrogen and oxygen atoms in total. The number of hydrogen-bond acceptors (Lipinski definition) is 2. The van der Waals surface area contributed by atoms with Gasteiger partial charge in [-0.25, -0.2) is 5.43 Å². The number of nitrogens with zero attached hydrogens (tertiary/aromatic N) is 1. The molecule has 0 unspecified atom stereocenters. The molecular weight excluding hydrogens is 328 g/mol. The standard InChI is InChI=1S/C17H15BrN2O/c1-13(11-12-14-7-3-2-4-8-14)19-20-17(21)15-9-5-6-10-16(15)18/h2-12H,1H3,(H,20,21)/b12-11+,19-13-. The summed E-state index contributed by atoms with van der Waals surface area (Å²) in [6, 6.07) is 17.2. The number of rotatable bonds is 4. The minimum Gasteiger partial charge on any atom is -0.267 e. The third-order valence-electron chi connectivity index (χ3n) is 2.77. The van der Waals surface area contributed by atoms with Crippen molar-refractivity contribution in [2.75, 3.05) is 0 Å². The van der Waals surface area contributed by atoms with Crippen molar-refractivity contribution in [3.05, 3.63) is 76.3 Å². The van der Waals surface area contributed by atoms with Crippen LogP contribution in [0, 0.1) is 0 Å². The minimum atomic E-state index is -0.241. The third kappa shape index (κ3) is 4.68. The Morgan fingerprint density at radius 2 is 1.76 bits per heavy atom. The number of amides is 1. The smallest absolute Gasteiger partial charge is 0.267 e. The van der Waals surface area contributed by atoms with E-state index in [0.717, 1.165) is 15.7 Å². The number of hydrogen-bond donors (Lipinski definition) is 1. The van der Waals surface area contributed by atoms with Crippen LogP contribution in [0.15, 0.2) is 70.2 Å². The van der Waals surface area contributed by atoms with Gasteiger partial charge in [-0.1, -0.05) is 48.5 Å². The van der Waals surface area contributed by atoms with Gasteiger partial charge in [0, 0.05) is 4.47 Å². The van der Waals surface area contributed by atoms with Crippen LogP contribution in [0.25, 0.3) is 6.08 Å². The van der Waals surface area contributed by atoms with Gasteiger partial charge >= 0.3 is 0 Å². The van der Waals surface area contributed by atoms with Gasteiger partial charge in [0.15, 0.2) is 0 Å². The predicted molar refractivity (Wildman–Crippen MR) is 90.2 cm³/mol. The molecule has 1 amide bonds. The molecular formula is C17H15BrN2O. The van der Waals surface area contributed by atoms with Crippen LogP contribution in [0.1, 0.15) is 22.8 Å². The Morgan fingerprint density at radius 3 is 2.48 bits per heavy atom. The number of hydrazone groups is 1. The van der Waals surface area contributed by atoms with E-state index in [2.05, 4.69) is 26.5 Å². The maximum Gasteiger partial charge on any atom is 0.272 e. The second-order valence-electron chi connectivity index (χ2n) is 4.42. The number of carbonyl (C=O) groups is 1. The van der Waals surface area contributed by atoms with E-state index in [0.29, 0.717) is 5.56 Å². The van der Waals surface area contributed by atoms with Crippen LogP contribution >= 0.6 is 15.9 Å². The topological polar surface area (TPSA) is 41.5 Å². The first-order valence-corrected chi connectivity index (χ1v) is 7.28. The zero-order chi connectivity index (χ0) is 15.1. The molecule has 0 spiro atoms. The molecule has 21 heavy (non-hydrogen) atoms. The Hall–Kier alpha value is -2.20. The highest BCUT2D eigenvalue weighted by molar-refractivity contribution is 9.10. The molecule has 0 aromatic heterocycles. The molecule has 2 rings (SSSR count). The highest BCUT2D eigenvalue weighted by atomic mass is 79.9. The molecule has 0 saturated heterocycles. The maximum atomic E-state index is 12.0. The normalized spacial score (nSPS) is 11.6. The zero-order valence-corrected chi connectivity index (χ0v) is 13.2. The summed E-state index contributed by atoms with van der Waals surface area (Å²) in [4.78, 5) is 12.0. The first kappa shape index (κ1) is 15.2. The lowest BCUT2D eigenvalue weighted by Gasteiger charge is -2.02. The van der Waals surface area contributed by atoms with Crippen LogP contribution < -0.4 is 5.43 Å². The van der Waals surface area contributed by atoms with Gasteiger partial charge in [-0.05, 0) is 46.6 Å². The van der Waals surface area contributed by atoms with Crippen molar-refractivity contribution in [2.45, 2.75) is 6.92 Å². The van der Waals surface area contributed by atoms with Crippen LogP contribution in [0.5, 0.6) is 0 Å². The molecule has 0 radical (unpaired) electrons. The molecule has 0 aliphatic rings. The second-order valence-corrected chi connectivity index (χ2v) is 5.27. The number of nitrogens with one attached hydrogen (secondary N) is 1. The van der Waals surface area contributed by atoms with E-state index in [-0.39, 0.29) is 5.91 Å². The highest BCUT2D eigenvalue weighted by Crippen LogP contribution is 2.15. The monoisotopic (exact) mass is 342 g/mol. The van der Waals surface area contributed by atoms with Gasteiger partial charge in [-0.3, -0.25) is 4.79 Å². The first-order chi connectivity index (χ1) is 10.2. The summed E-state index contributed by atoms with van der Waals surface area (Å²) in [5, 5.41) is 4.07.